The number of hydrogen-bond acceptors (Lipinski definition) is 2. The van der Waals surface area contributed by atoms with E-state index in [1.54, 1.807) is 11.9 Å². The van der Waals surface area contributed by atoms with Gasteiger partial charge in [-0.1, -0.05) is 32.9 Å². The van der Waals surface area contributed by atoms with E-state index in [1.165, 1.54) is 5.56 Å². The fourth-order valence-corrected chi connectivity index (χ4v) is 2.85. The minimum absolute atomic E-state index is 0.119. The van der Waals surface area contributed by atoms with Crippen molar-refractivity contribution in [3.63, 3.8) is 0 Å². The monoisotopic (exact) mass is 275 g/mol. The first kappa shape index (κ1) is 14.6. The van der Waals surface area contributed by atoms with Crippen LogP contribution in [0.2, 0.25) is 0 Å². The van der Waals surface area contributed by atoms with Crippen molar-refractivity contribution in [3.8, 4) is 0 Å². The Morgan fingerprint density at radius 2 is 1.75 bits per heavy atom. The number of nitrogens with zero attached hydrogens (tertiary/aromatic N) is 1. The maximum Gasteiger partial charge on any atom is 0.307 e. The molecular formula is C16H21NO3. The molecule has 0 bridgehead atoms. The van der Waals surface area contributed by atoms with E-state index in [9.17, 15) is 9.59 Å². The number of anilines is 1. The number of carboxylic acids is 1. The van der Waals surface area contributed by atoms with Crippen LogP contribution in [0.3, 0.4) is 0 Å². The van der Waals surface area contributed by atoms with Gasteiger partial charge in [0.1, 0.15) is 0 Å². The molecule has 20 heavy (non-hydrogen) atoms. The molecule has 0 aromatic heterocycles. The van der Waals surface area contributed by atoms with Crippen LogP contribution in [0, 0.1) is 17.3 Å². The predicted molar refractivity (Wildman–Crippen MR) is 77.6 cm³/mol. The summed E-state index contributed by atoms with van der Waals surface area (Å²) < 4.78 is 0. The SMILES string of the molecule is CCc1ccc(N(C)C(=O)[C@H]2[C@@H](C(=O)O)C2(C)C)cc1. The Kier molecular flexibility index (Phi) is 3.59. The smallest absolute Gasteiger partial charge is 0.307 e. The topological polar surface area (TPSA) is 57.6 Å². The number of carboxylic acid groups (broad SMARTS) is 1. The summed E-state index contributed by atoms with van der Waals surface area (Å²) in [4.78, 5) is 25.2. The van der Waals surface area contributed by atoms with Crippen molar-refractivity contribution in [2.24, 2.45) is 17.3 Å². The van der Waals surface area contributed by atoms with Gasteiger partial charge < -0.3 is 10.0 Å². The van der Waals surface area contributed by atoms with Crippen molar-refractivity contribution < 1.29 is 14.7 Å². The predicted octanol–water partition coefficient (Wildman–Crippen LogP) is 2.57. The van der Waals surface area contributed by atoms with Crippen molar-refractivity contribution in [1.29, 1.82) is 0 Å². The third-order valence-corrected chi connectivity index (χ3v) is 4.42. The highest BCUT2D eigenvalue weighted by atomic mass is 16.4. The zero-order chi connectivity index (χ0) is 15.1. The molecule has 2 atom stereocenters. The van der Waals surface area contributed by atoms with Gasteiger partial charge in [-0.25, -0.2) is 0 Å². The quantitative estimate of drug-likeness (QED) is 0.918. The van der Waals surface area contributed by atoms with Gasteiger partial charge >= 0.3 is 5.97 Å². The number of hydrogen-bond donors (Lipinski definition) is 1. The van der Waals surface area contributed by atoms with Crippen molar-refractivity contribution in [1.82, 2.24) is 0 Å². The molecule has 0 spiro atoms. The fraction of sp³-hybridized carbons (Fsp3) is 0.500. The number of benzene rings is 1. The van der Waals surface area contributed by atoms with E-state index >= 15 is 0 Å². The van der Waals surface area contributed by atoms with Crippen molar-refractivity contribution in [2.45, 2.75) is 27.2 Å². The largest absolute Gasteiger partial charge is 0.481 e. The van der Waals surface area contributed by atoms with Crippen LogP contribution in [0.25, 0.3) is 0 Å². The van der Waals surface area contributed by atoms with Crippen molar-refractivity contribution >= 4 is 17.6 Å². The van der Waals surface area contributed by atoms with E-state index in [2.05, 4.69) is 6.92 Å². The summed E-state index contributed by atoms with van der Waals surface area (Å²) in [7, 11) is 1.70. The van der Waals surface area contributed by atoms with E-state index in [0.29, 0.717) is 0 Å². The summed E-state index contributed by atoms with van der Waals surface area (Å²) in [5.74, 6) is -2.02. The summed E-state index contributed by atoms with van der Waals surface area (Å²) in [5.41, 5.74) is 1.56. The summed E-state index contributed by atoms with van der Waals surface area (Å²) in [6.07, 6.45) is 0.953. The molecule has 1 aliphatic carbocycles. The molecule has 1 aliphatic rings. The lowest BCUT2D eigenvalue weighted by Crippen LogP contribution is -2.29. The average molecular weight is 275 g/mol. The van der Waals surface area contributed by atoms with Crippen LogP contribution in [0.4, 0.5) is 5.69 Å². The number of amides is 1. The molecule has 1 amide bonds. The number of rotatable bonds is 4. The van der Waals surface area contributed by atoms with Gasteiger partial charge in [-0.15, -0.1) is 0 Å². The van der Waals surface area contributed by atoms with Crippen LogP contribution >= 0.6 is 0 Å². The molecular weight excluding hydrogens is 254 g/mol. The van der Waals surface area contributed by atoms with Gasteiger partial charge in [0.15, 0.2) is 0 Å². The normalized spacial score (nSPS) is 23.2. The van der Waals surface area contributed by atoms with E-state index < -0.39 is 23.2 Å². The molecule has 1 N–H and O–H groups in total. The van der Waals surface area contributed by atoms with Crippen LogP contribution in [0.15, 0.2) is 24.3 Å². The molecule has 0 unspecified atom stereocenters. The molecule has 1 fully saturated rings. The summed E-state index contributed by atoms with van der Waals surface area (Å²) in [6, 6.07) is 7.79. The summed E-state index contributed by atoms with van der Waals surface area (Å²) in [6.45, 7) is 5.75. The van der Waals surface area contributed by atoms with Gasteiger partial charge in [-0.3, -0.25) is 9.59 Å². The molecule has 0 saturated heterocycles. The fourth-order valence-electron chi connectivity index (χ4n) is 2.85. The van der Waals surface area contributed by atoms with Gasteiger partial charge in [-0.05, 0) is 29.5 Å². The molecule has 108 valence electrons. The zero-order valence-electron chi connectivity index (χ0n) is 12.4. The Hall–Kier alpha value is -1.84. The van der Waals surface area contributed by atoms with E-state index in [-0.39, 0.29) is 5.91 Å². The first-order valence-electron chi connectivity index (χ1n) is 6.90. The molecule has 1 saturated carbocycles. The van der Waals surface area contributed by atoms with Gasteiger partial charge in [0.05, 0.1) is 11.8 Å². The Labute approximate surface area is 119 Å². The molecule has 0 aliphatic heterocycles. The molecule has 4 heteroatoms. The van der Waals surface area contributed by atoms with Crippen molar-refractivity contribution in [3.05, 3.63) is 29.8 Å². The number of carbonyl (C=O) groups excluding carboxylic acids is 1. The molecule has 0 heterocycles. The average Bonchev–Trinajstić information content (AvgIpc) is 3.00. The van der Waals surface area contributed by atoms with Gasteiger partial charge in [0.2, 0.25) is 5.91 Å². The highest BCUT2D eigenvalue weighted by Crippen LogP contribution is 2.59. The Balaban J connectivity index is 2.15. The van der Waals surface area contributed by atoms with Crippen LogP contribution in [0.1, 0.15) is 26.3 Å². The second-order valence-corrected chi connectivity index (χ2v) is 6.03. The maximum atomic E-state index is 12.5. The lowest BCUT2D eigenvalue weighted by atomic mass is 10.1. The Bertz CT molecular complexity index is 533. The minimum Gasteiger partial charge on any atom is -0.481 e. The van der Waals surface area contributed by atoms with Crippen LogP contribution < -0.4 is 4.90 Å². The van der Waals surface area contributed by atoms with Crippen LogP contribution in [-0.4, -0.2) is 24.0 Å². The van der Waals surface area contributed by atoms with Gasteiger partial charge in [0, 0.05) is 12.7 Å². The number of carbonyl (C=O) groups is 2. The third-order valence-electron chi connectivity index (χ3n) is 4.42. The van der Waals surface area contributed by atoms with Crippen LogP contribution in [-0.2, 0) is 16.0 Å². The van der Waals surface area contributed by atoms with Gasteiger partial charge in [-0.2, -0.15) is 0 Å². The summed E-state index contributed by atoms with van der Waals surface area (Å²) in [5, 5.41) is 9.16. The van der Waals surface area contributed by atoms with Crippen LogP contribution in [0.5, 0.6) is 0 Å². The third kappa shape index (κ3) is 2.30. The Morgan fingerprint density at radius 3 is 2.15 bits per heavy atom. The minimum atomic E-state index is -0.886. The second kappa shape index (κ2) is 4.93. The first-order valence-corrected chi connectivity index (χ1v) is 6.90. The van der Waals surface area contributed by atoms with E-state index in [4.69, 9.17) is 5.11 Å². The van der Waals surface area contributed by atoms with E-state index in [1.807, 2.05) is 38.1 Å². The van der Waals surface area contributed by atoms with Gasteiger partial charge in [0.25, 0.3) is 0 Å². The standard InChI is InChI=1S/C16H21NO3/c1-5-10-6-8-11(9-7-10)17(4)14(18)12-13(15(19)20)16(12,2)3/h6-9,12-13H,5H2,1-4H3,(H,19,20)/t12-,13+/m1/s1. The zero-order valence-corrected chi connectivity index (χ0v) is 12.4. The molecule has 2 rings (SSSR count). The lowest BCUT2D eigenvalue weighted by molar-refractivity contribution is -0.140. The molecule has 0 radical (unpaired) electrons. The highest BCUT2D eigenvalue weighted by molar-refractivity contribution is 6.01. The summed E-state index contributed by atoms with van der Waals surface area (Å²) >= 11 is 0. The second-order valence-electron chi connectivity index (χ2n) is 6.03. The Morgan fingerprint density at radius 1 is 1.20 bits per heavy atom. The highest BCUT2D eigenvalue weighted by Gasteiger charge is 2.66. The van der Waals surface area contributed by atoms with Crippen molar-refractivity contribution in [2.75, 3.05) is 11.9 Å². The maximum absolute atomic E-state index is 12.5. The number of aryl methyl sites for hydroxylation is 1. The first-order chi connectivity index (χ1) is 9.30. The molecule has 1 aromatic rings. The van der Waals surface area contributed by atoms with E-state index in [0.717, 1.165) is 12.1 Å². The number of aliphatic carboxylic acids is 1. The molecule has 4 nitrogen and oxygen atoms in total. The lowest BCUT2D eigenvalue weighted by Gasteiger charge is -2.18. The molecule has 1 aromatic carbocycles.